The van der Waals surface area contributed by atoms with Gasteiger partial charge in [-0.25, -0.2) is 4.79 Å². The van der Waals surface area contributed by atoms with E-state index in [9.17, 15) is 4.79 Å². The van der Waals surface area contributed by atoms with Crippen molar-refractivity contribution in [3.05, 3.63) is 41.5 Å². The van der Waals surface area contributed by atoms with Crippen LogP contribution in [0.1, 0.15) is 28.8 Å². The van der Waals surface area contributed by atoms with Gasteiger partial charge in [0.05, 0.1) is 12.7 Å². The molecule has 0 heterocycles. The fourth-order valence-corrected chi connectivity index (χ4v) is 1.26. The number of rotatable bonds is 3. The van der Waals surface area contributed by atoms with E-state index in [-0.39, 0.29) is 11.9 Å². The Kier molecular flexibility index (Phi) is 3.83. The molecule has 0 spiro atoms. The van der Waals surface area contributed by atoms with Crippen LogP contribution in [0.25, 0.3) is 0 Å². The van der Waals surface area contributed by atoms with Gasteiger partial charge in [-0.2, -0.15) is 0 Å². The molecular formula is C12H13NO2. The third-order valence-electron chi connectivity index (χ3n) is 2.19. The van der Waals surface area contributed by atoms with Crippen LogP contribution in [0.3, 0.4) is 0 Å². The van der Waals surface area contributed by atoms with E-state index >= 15 is 0 Å². The topological polar surface area (TPSA) is 50.2 Å². The molecule has 0 unspecified atom stereocenters. The standard InChI is InChI=1S/C12H13NO2/c1-9(7-8-13)10-3-5-11(6-4-10)12(14)15-2/h3-7,9,13H,1-2H3/t9-/m0/s1. The lowest BCUT2D eigenvalue weighted by Gasteiger charge is -2.05. The molecule has 0 radical (unpaired) electrons. The molecule has 0 saturated carbocycles. The van der Waals surface area contributed by atoms with E-state index in [2.05, 4.69) is 10.6 Å². The van der Waals surface area contributed by atoms with Crippen molar-refractivity contribution in [3.63, 3.8) is 0 Å². The number of methoxy groups -OCH3 is 1. The molecule has 0 aliphatic carbocycles. The minimum Gasteiger partial charge on any atom is -0.465 e. The van der Waals surface area contributed by atoms with Crippen LogP contribution in [-0.4, -0.2) is 18.9 Å². The Morgan fingerprint density at radius 1 is 1.47 bits per heavy atom. The smallest absolute Gasteiger partial charge is 0.337 e. The lowest BCUT2D eigenvalue weighted by atomic mass is 10.00. The van der Waals surface area contributed by atoms with Gasteiger partial charge in [0, 0.05) is 5.92 Å². The quantitative estimate of drug-likeness (QED) is 0.605. The SMILES string of the molecule is COC(=O)c1ccc([C@@H](C)C=C=N)cc1. The fraction of sp³-hybridized carbons (Fsp3) is 0.250. The zero-order valence-electron chi connectivity index (χ0n) is 8.78. The molecule has 1 rings (SSSR count). The average Bonchev–Trinajstić information content (AvgIpc) is 2.28. The van der Waals surface area contributed by atoms with Gasteiger partial charge in [0.25, 0.3) is 0 Å². The van der Waals surface area contributed by atoms with Gasteiger partial charge >= 0.3 is 5.97 Å². The van der Waals surface area contributed by atoms with Crippen LogP contribution >= 0.6 is 0 Å². The number of nitrogens with one attached hydrogen (secondary N) is 1. The van der Waals surface area contributed by atoms with E-state index in [1.165, 1.54) is 7.11 Å². The highest BCUT2D eigenvalue weighted by atomic mass is 16.5. The largest absolute Gasteiger partial charge is 0.465 e. The molecule has 0 aromatic heterocycles. The molecule has 0 fully saturated rings. The zero-order valence-corrected chi connectivity index (χ0v) is 8.78. The summed E-state index contributed by atoms with van der Waals surface area (Å²) in [6.45, 7) is 1.97. The van der Waals surface area contributed by atoms with Crippen LogP contribution in [0.2, 0.25) is 0 Å². The number of ether oxygens (including phenoxy) is 1. The molecule has 0 bridgehead atoms. The van der Waals surface area contributed by atoms with Crippen molar-refractivity contribution in [1.82, 2.24) is 0 Å². The van der Waals surface area contributed by atoms with Gasteiger partial charge in [0.2, 0.25) is 0 Å². The lowest BCUT2D eigenvalue weighted by Crippen LogP contribution is -2.01. The van der Waals surface area contributed by atoms with Crippen molar-refractivity contribution in [2.75, 3.05) is 7.11 Å². The van der Waals surface area contributed by atoms with Crippen LogP contribution in [0, 0.1) is 5.41 Å². The molecule has 15 heavy (non-hydrogen) atoms. The third-order valence-corrected chi connectivity index (χ3v) is 2.19. The normalized spacial score (nSPS) is 11.3. The average molecular weight is 203 g/mol. The Morgan fingerprint density at radius 2 is 2.07 bits per heavy atom. The van der Waals surface area contributed by atoms with Gasteiger partial charge in [0.1, 0.15) is 0 Å². The summed E-state index contributed by atoms with van der Waals surface area (Å²) in [4.78, 5) is 11.1. The van der Waals surface area contributed by atoms with E-state index in [0.717, 1.165) is 5.56 Å². The van der Waals surface area contributed by atoms with E-state index in [4.69, 9.17) is 5.41 Å². The Labute approximate surface area is 88.9 Å². The summed E-state index contributed by atoms with van der Waals surface area (Å²) in [5.74, 6) is 2.05. The lowest BCUT2D eigenvalue weighted by molar-refractivity contribution is 0.0600. The molecule has 0 saturated heterocycles. The third kappa shape index (κ3) is 2.79. The minimum absolute atomic E-state index is 0.134. The molecule has 1 N–H and O–H groups in total. The molecule has 0 aliphatic rings. The molecule has 1 aromatic carbocycles. The number of hydrogen-bond donors (Lipinski definition) is 1. The van der Waals surface area contributed by atoms with Gasteiger partial charge in [-0.15, -0.1) is 0 Å². The summed E-state index contributed by atoms with van der Waals surface area (Å²) in [5, 5.41) is 6.84. The number of benzene rings is 1. The maximum atomic E-state index is 11.1. The number of carbonyl (C=O) groups excluding carboxylic acids is 1. The first-order valence-electron chi connectivity index (χ1n) is 4.63. The minimum atomic E-state index is -0.336. The fourth-order valence-electron chi connectivity index (χ4n) is 1.26. The van der Waals surface area contributed by atoms with Crippen molar-refractivity contribution in [2.24, 2.45) is 0 Å². The summed E-state index contributed by atoms with van der Waals surface area (Å²) >= 11 is 0. The molecule has 1 atom stereocenters. The second-order valence-corrected chi connectivity index (χ2v) is 3.21. The monoisotopic (exact) mass is 203 g/mol. The van der Waals surface area contributed by atoms with Crippen LogP contribution in [0.15, 0.2) is 30.3 Å². The van der Waals surface area contributed by atoms with Crippen molar-refractivity contribution < 1.29 is 9.53 Å². The highest BCUT2D eigenvalue weighted by Gasteiger charge is 2.06. The summed E-state index contributed by atoms with van der Waals surface area (Å²) in [5.41, 5.74) is 1.58. The molecule has 3 nitrogen and oxygen atoms in total. The predicted molar refractivity (Wildman–Crippen MR) is 58.5 cm³/mol. The van der Waals surface area contributed by atoms with Gasteiger partial charge in [-0.3, -0.25) is 5.41 Å². The molecular weight excluding hydrogens is 190 g/mol. The van der Waals surface area contributed by atoms with Gasteiger partial charge in [-0.1, -0.05) is 19.1 Å². The maximum absolute atomic E-state index is 11.1. The van der Waals surface area contributed by atoms with Crippen molar-refractivity contribution in [1.29, 1.82) is 5.41 Å². The zero-order chi connectivity index (χ0) is 11.3. The Hall–Kier alpha value is -1.86. The van der Waals surface area contributed by atoms with E-state index < -0.39 is 0 Å². The van der Waals surface area contributed by atoms with Gasteiger partial charge in [0.15, 0.2) is 0 Å². The molecule has 0 aliphatic heterocycles. The number of hydrogen-bond acceptors (Lipinski definition) is 3. The first-order valence-corrected chi connectivity index (χ1v) is 4.63. The molecule has 0 amide bonds. The second-order valence-electron chi connectivity index (χ2n) is 3.21. The Bertz CT molecular complexity index is 389. The van der Waals surface area contributed by atoms with Crippen LogP contribution in [0.4, 0.5) is 0 Å². The summed E-state index contributed by atoms with van der Waals surface area (Å²) in [6.07, 6.45) is 1.66. The number of esters is 1. The van der Waals surface area contributed by atoms with Crippen LogP contribution < -0.4 is 0 Å². The molecule has 3 heteroatoms. The second kappa shape index (κ2) is 5.13. The number of carbonyl (C=O) groups is 1. The van der Waals surface area contributed by atoms with E-state index in [1.807, 2.05) is 19.1 Å². The maximum Gasteiger partial charge on any atom is 0.337 e. The van der Waals surface area contributed by atoms with Crippen molar-refractivity contribution in [2.45, 2.75) is 12.8 Å². The summed E-state index contributed by atoms with van der Waals surface area (Å²) in [6, 6.07) is 7.14. The van der Waals surface area contributed by atoms with Gasteiger partial charge < -0.3 is 4.74 Å². The molecule has 78 valence electrons. The highest BCUT2D eigenvalue weighted by Crippen LogP contribution is 2.16. The summed E-state index contributed by atoms with van der Waals surface area (Å²) in [7, 11) is 1.36. The van der Waals surface area contributed by atoms with Crippen molar-refractivity contribution in [3.8, 4) is 0 Å². The highest BCUT2D eigenvalue weighted by molar-refractivity contribution is 5.89. The summed E-state index contributed by atoms with van der Waals surface area (Å²) < 4.78 is 4.60. The van der Waals surface area contributed by atoms with Gasteiger partial charge in [-0.05, 0) is 29.6 Å². The number of allylic oxidation sites excluding steroid dienone is 1. The first kappa shape index (κ1) is 11.2. The van der Waals surface area contributed by atoms with E-state index in [0.29, 0.717) is 5.56 Å². The van der Waals surface area contributed by atoms with Crippen LogP contribution in [0.5, 0.6) is 0 Å². The predicted octanol–water partition coefficient (Wildman–Crippen LogP) is 2.38. The first-order chi connectivity index (χ1) is 7.19. The Balaban J connectivity index is 2.89. The van der Waals surface area contributed by atoms with E-state index in [1.54, 1.807) is 18.2 Å². The Morgan fingerprint density at radius 3 is 2.53 bits per heavy atom. The van der Waals surface area contributed by atoms with Crippen LogP contribution in [-0.2, 0) is 4.74 Å². The van der Waals surface area contributed by atoms with Crippen molar-refractivity contribution >= 4 is 11.8 Å². The molecule has 1 aromatic rings.